The molecule has 4 bridgehead atoms. The molecule has 2 aromatic rings. The molecular formula is C22H24BrN3O. The maximum Gasteiger partial charge on any atom is 0.255 e. The third kappa shape index (κ3) is 3.49. The predicted molar refractivity (Wildman–Crippen MR) is 111 cm³/mol. The van der Waals surface area contributed by atoms with Gasteiger partial charge >= 0.3 is 0 Å². The van der Waals surface area contributed by atoms with Crippen LogP contribution in [-0.2, 0) is 0 Å². The van der Waals surface area contributed by atoms with Crippen molar-refractivity contribution < 1.29 is 4.79 Å². The van der Waals surface area contributed by atoms with Gasteiger partial charge < -0.3 is 10.6 Å². The molecule has 2 N–H and O–H groups in total. The summed E-state index contributed by atoms with van der Waals surface area (Å²) in [7, 11) is 0. The van der Waals surface area contributed by atoms with Gasteiger partial charge in [0.1, 0.15) is 5.82 Å². The summed E-state index contributed by atoms with van der Waals surface area (Å²) in [6.45, 7) is 0. The van der Waals surface area contributed by atoms with Crippen molar-refractivity contribution in [3.05, 3.63) is 52.6 Å². The molecule has 6 rings (SSSR count). The number of amides is 1. The number of hydrogen-bond acceptors (Lipinski definition) is 3. The molecule has 0 atom stereocenters. The Labute approximate surface area is 168 Å². The fourth-order valence-electron chi connectivity index (χ4n) is 5.91. The van der Waals surface area contributed by atoms with Gasteiger partial charge in [0, 0.05) is 15.6 Å². The lowest BCUT2D eigenvalue weighted by Gasteiger charge is -2.57. The Hall–Kier alpha value is -1.88. The molecule has 1 heterocycles. The molecule has 0 unspecified atom stereocenters. The number of nitrogens with zero attached hydrogens (tertiary/aromatic N) is 1. The van der Waals surface area contributed by atoms with E-state index in [4.69, 9.17) is 0 Å². The molecule has 4 saturated carbocycles. The van der Waals surface area contributed by atoms with Crippen LogP contribution in [0.3, 0.4) is 0 Å². The molecule has 5 heteroatoms. The van der Waals surface area contributed by atoms with Crippen LogP contribution in [0.1, 0.15) is 48.9 Å². The van der Waals surface area contributed by atoms with Gasteiger partial charge in [-0.3, -0.25) is 4.79 Å². The predicted octanol–water partition coefficient (Wildman–Crippen LogP) is 5.48. The second-order valence-corrected chi connectivity index (χ2v) is 9.64. The third-order valence-electron chi connectivity index (χ3n) is 6.54. The van der Waals surface area contributed by atoms with Gasteiger partial charge in [-0.15, -0.1) is 0 Å². The van der Waals surface area contributed by atoms with Crippen LogP contribution < -0.4 is 10.6 Å². The van der Waals surface area contributed by atoms with Gasteiger partial charge in [0.15, 0.2) is 0 Å². The molecule has 1 amide bonds. The summed E-state index contributed by atoms with van der Waals surface area (Å²) in [4.78, 5) is 17.0. The molecule has 0 saturated heterocycles. The van der Waals surface area contributed by atoms with Crippen molar-refractivity contribution >= 4 is 33.3 Å². The Morgan fingerprint density at radius 2 is 1.74 bits per heavy atom. The van der Waals surface area contributed by atoms with E-state index in [1.165, 1.54) is 38.5 Å². The number of halogens is 1. The quantitative estimate of drug-likeness (QED) is 0.681. The number of rotatable bonds is 4. The number of benzene rings is 1. The van der Waals surface area contributed by atoms with Gasteiger partial charge in [0.25, 0.3) is 5.91 Å². The van der Waals surface area contributed by atoms with Crippen LogP contribution in [0.15, 0.2) is 47.1 Å². The summed E-state index contributed by atoms with van der Waals surface area (Å²) in [5.41, 5.74) is 1.60. The molecule has 4 aliphatic rings. The topological polar surface area (TPSA) is 54.0 Å². The van der Waals surface area contributed by atoms with E-state index in [-0.39, 0.29) is 11.4 Å². The highest BCUT2D eigenvalue weighted by molar-refractivity contribution is 9.10. The van der Waals surface area contributed by atoms with Crippen LogP contribution >= 0.6 is 15.9 Å². The van der Waals surface area contributed by atoms with E-state index in [2.05, 4.69) is 31.5 Å². The first-order chi connectivity index (χ1) is 13.1. The fraction of sp³-hybridized carbons (Fsp3) is 0.455. The van der Waals surface area contributed by atoms with Crippen LogP contribution in [0.25, 0.3) is 0 Å². The van der Waals surface area contributed by atoms with Crippen LogP contribution in [0.5, 0.6) is 0 Å². The number of anilines is 2. The standard InChI is InChI=1S/C22H24BrN3O/c23-18-3-1-2-17(9-18)21(27)25-19-4-5-20(24-13-19)26-22-10-14-6-15(11-22)8-16(7-14)12-22/h1-5,9,13-16H,6-8,10-12H2,(H,24,26)(H,25,27). The molecule has 1 aromatic carbocycles. The summed E-state index contributed by atoms with van der Waals surface area (Å²) in [5.74, 6) is 3.53. The molecule has 0 spiro atoms. The van der Waals surface area contributed by atoms with Crippen molar-refractivity contribution in [1.82, 2.24) is 4.98 Å². The zero-order chi connectivity index (χ0) is 18.4. The summed E-state index contributed by atoms with van der Waals surface area (Å²) < 4.78 is 0.892. The Kier molecular flexibility index (Phi) is 4.23. The van der Waals surface area contributed by atoms with Gasteiger partial charge in [-0.2, -0.15) is 0 Å². The number of hydrogen-bond donors (Lipinski definition) is 2. The fourth-order valence-corrected chi connectivity index (χ4v) is 6.31. The highest BCUT2D eigenvalue weighted by Gasteiger charge is 2.51. The smallest absolute Gasteiger partial charge is 0.255 e. The van der Waals surface area contributed by atoms with Gasteiger partial charge in [0.2, 0.25) is 0 Å². The van der Waals surface area contributed by atoms with Gasteiger partial charge in [-0.1, -0.05) is 22.0 Å². The zero-order valence-electron chi connectivity index (χ0n) is 15.2. The Morgan fingerprint density at radius 3 is 2.33 bits per heavy atom. The van der Waals surface area contributed by atoms with Crippen LogP contribution in [-0.4, -0.2) is 16.4 Å². The molecule has 4 fully saturated rings. The Balaban J connectivity index is 1.26. The molecule has 0 radical (unpaired) electrons. The van der Waals surface area contributed by atoms with Gasteiger partial charge in [-0.25, -0.2) is 4.98 Å². The van der Waals surface area contributed by atoms with E-state index >= 15 is 0 Å². The highest BCUT2D eigenvalue weighted by atomic mass is 79.9. The van der Waals surface area contributed by atoms with E-state index in [1.807, 2.05) is 30.3 Å². The summed E-state index contributed by atoms with van der Waals surface area (Å²) in [5, 5.41) is 6.70. The molecule has 4 aliphatic carbocycles. The van der Waals surface area contributed by atoms with Crippen molar-refractivity contribution in [2.75, 3.05) is 10.6 Å². The Morgan fingerprint density at radius 1 is 1.04 bits per heavy atom. The van der Waals surface area contributed by atoms with E-state index in [9.17, 15) is 4.79 Å². The first kappa shape index (κ1) is 17.2. The highest BCUT2D eigenvalue weighted by Crippen LogP contribution is 2.56. The lowest BCUT2D eigenvalue weighted by Crippen LogP contribution is -2.54. The van der Waals surface area contributed by atoms with E-state index in [1.54, 1.807) is 12.3 Å². The van der Waals surface area contributed by atoms with E-state index in [0.717, 1.165) is 33.7 Å². The second-order valence-electron chi connectivity index (χ2n) is 8.72. The molecule has 1 aromatic heterocycles. The average Bonchev–Trinajstić information content (AvgIpc) is 2.62. The van der Waals surface area contributed by atoms with Crippen molar-refractivity contribution in [3.63, 3.8) is 0 Å². The number of carbonyl (C=O) groups excluding carboxylic acids is 1. The number of carbonyl (C=O) groups is 1. The first-order valence-corrected chi connectivity index (χ1v) is 10.7. The lowest BCUT2D eigenvalue weighted by atomic mass is 9.53. The number of aromatic nitrogens is 1. The maximum atomic E-state index is 12.4. The minimum Gasteiger partial charge on any atom is -0.365 e. The first-order valence-electron chi connectivity index (χ1n) is 9.88. The maximum absolute atomic E-state index is 12.4. The van der Waals surface area contributed by atoms with Crippen molar-refractivity contribution in [3.8, 4) is 0 Å². The molecular weight excluding hydrogens is 402 g/mol. The average molecular weight is 426 g/mol. The molecule has 140 valence electrons. The van der Waals surface area contributed by atoms with Crippen molar-refractivity contribution in [1.29, 1.82) is 0 Å². The SMILES string of the molecule is O=C(Nc1ccc(NC23CC4CC(CC(C4)C2)C3)nc1)c1cccc(Br)c1. The van der Waals surface area contributed by atoms with E-state index in [0.29, 0.717) is 5.56 Å². The van der Waals surface area contributed by atoms with Crippen LogP contribution in [0.4, 0.5) is 11.5 Å². The van der Waals surface area contributed by atoms with Crippen molar-refractivity contribution in [2.24, 2.45) is 17.8 Å². The Bertz CT molecular complexity index is 829. The normalized spacial score (nSPS) is 30.9. The summed E-state index contributed by atoms with van der Waals surface area (Å²) >= 11 is 3.40. The summed E-state index contributed by atoms with van der Waals surface area (Å²) in [6, 6.07) is 11.3. The van der Waals surface area contributed by atoms with Gasteiger partial charge in [-0.05, 0) is 86.6 Å². The largest absolute Gasteiger partial charge is 0.365 e. The van der Waals surface area contributed by atoms with Crippen LogP contribution in [0.2, 0.25) is 0 Å². The number of pyridine rings is 1. The van der Waals surface area contributed by atoms with Crippen molar-refractivity contribution in [2.45, 2.75) is 44.1 Å². The lowest BCUT2D eigenvalue weighted by molar-refractivity contribution is 0.0105. The second kappa shape index (κ2) is 6.62. The minimum absolute atomic E-state index is 0.125. The molecule has 0 aliphatic heterocycles. The van der Waals surface area contributed by atoms with Gasteiger partial charge in [0.05, 0.1) is 11.9 Å². The van der Waals surface area contributed by atoms with Crippen LogP contribution in [0, 0.1) is 17.8 Å². The zero-order valence-corrected chi connectivity index (χ0v) is 16.8. The molecule has 27 heavy (non-hydrogen) atoms. The number of nitrogens with one attached hydrogen (secondary N) is 2. The monoisotopic (exact) mass is 425 g/mol. The minimum atomic E-state index is -0.125. The third-order valence-corrected chi connectivity index (χ3v) is 7.03. The molecule has 4 nitrogen and oxygen atoms in total. The summed E-state index contributed by atoms with van der Waals surface area (Å²) in [6.07, 6.45) is 9.95. The van der Waals surface area contributed by atoms with E-state index < -0.39 is 0 Å².